The van der Waals surface area contributed by atoms with Gasteiger partial charge in [0.15, 0.2) is 0 Å². The van der Waals surface area contributed by atoms with Gasteiger partial charge in [0.25, 0.3) is 0 Å². The zero-order chi connectivity index (χ0) is 20.8. The van der Waals surface area contributed by atoms with Crippen molar-refractivity contribution in [3.8, 4) is 11.1 Å². The van der Waals surface area contributed by atoms with E-state index in [9.17, 15) is 21.6 Å². The quantitative estimate of drug-likeness (QED) is 0.448. The summed E-state index contributed by atoms with van der Waals surface area (Å²) in [6.45, 7) is 1.52. The number of hydrogen-bond donors (Lipinski definition) is 0. The van der Waals surface area contributed by atoms with Gasteiger partial charge < -0.3 is 0 Å². The maximum atomic E-state index is 14.0. The smallest absolute Gasteiger partial charge is 0.208 e. The minimum atomic E-state index is -4.19. The Labute approximate surface area is 165 Å². The molecule has 0 spiro atoms. The molecule has 4 aromatic rings. The van der Waals surface area contributed by atoms with Crippen LogP contribution in [-0.4, -0.2) is 13.4 Å². The predicted molar refractivity (Wildman–Crippen MR) is 104 cm³/mol. The van der Waals surface area contributed by atoms with Crippen LogP contribution in [0.2, 0.25) is 0 Å². The second-order valence-electron chi connectivity index (χ2n) is 6.58. The molecule has 0 aliphatic rings. The van der Waals surface area contributed by atoms with Gasteiger partial charge in [0.1, 0.15) is 17.5 Å². The summed E-state index contributed by atoms with van der Waals surface area (Å²) in [7, 11) is -4.19. The van der Waals surface area contributed by atoms with Gasteiger partial charge in [0, 0.05) is 17.1 Å². The molecule has 0 saturated heterocycles. The van der Waals surface area contributed by atoms with Crippen molar-refractivity contribution in [3.63, 3.8) is 0 Å². The van der Waals surface area contributed by atoms with Gasteiger partial charge in [-0.05, 0) is 60.5 Å². The number of pyridine rings is 1. The number of nitrogens with zero attached hydrogens (tertiary/aromatic N) is 1. The molecule has 146 valence electrons. The highest BCUT2D eigenvalue weighted by Crippen LogP contribution is 2.37. The van der Waals surface area contributed by atoms with Gasteiger partial charge in [-0.25, -0.2) is 21.6 Å². The van der Waals surface area contributed by atoms with E-state index in [2.05, 4.69) is 4.98 Å². The maximum Gasteiger partial charge on any atom is 0.208 e. The number of aromatic nitrogens is 1. The molecule has 0 amide bonds. The number of hydrogen-bond acceptors (Lipinski definition) is 3. The lowest BCUT2D eigenvalue weighted by molar-refractivity contribution is 0.589. The van der Waals surface area contributed by atoms with Crippen LogP contribution in [0.5, 0.6) is 0 Å². The van der Waals surface area contributed by atoms with Crippen LogP contribution in [0.3, 0.4) is 0 Å². The Bertz CT molecular complexity index is 1350. The third kappa shape index (κ3) is 3.38. The molecule has 0 saturated carbocycles. The van der Waals surface area contributed by atoms with Crippen molar-refractivity contribution in [1.82, 2.24) is 4.98 Å². The highest BCUT2D eigenvalue weighted by atomic mass is 32.2. The van der Waals surface area contributed by atoms with Crippen molar-refractivity contribution in [2.45, 2.75) is 16.7 Å². The van der Waals surface area contributed by atoms with Crippen molar-refractivity contribution >= 4 is 20.7 Å². The summed E-state index contributed by atoms with van der Waals surface area (Å²) < 4.78 is 68.0. The highest BCUT2D eigenvalue weighted by molar-refractivity contribution is 7.91. The Balaban J connectivity index is 2.07. The first-order chi connectivity index (χ1) is 13.8. The van der Waals surface area contributed by atoms with Gasteiger partial charge in [0.05, 0.1) is 15.3 Å². The van der Waals surface area contributed by atoms with Gasteiger partial charge in [-0.2, -0.15) is 0 Å². The van der Waals surface area contributed by atoms with Crippen LogP contribution in [-0.2, 0) is 9.84 Å². The summed E-state index contributed by atoms with van der Waals surface area (Å²) in [5.74, 6) is -1.73. The molecule has 0 atom stereocenters. The highest BCUT2D eigenvalue weighted by Gasteiger charge is 2.25. The number of fused-ring (bicyclic) bond motifs is 1. The molecular formula is C22H14F3NO2S. The van der Waals surface area contributed by atoms with E-state index in [0.29, 0.717) is 16.6 Å². The summed E-state index contributed by atoms with van der Waals surface area (Å²) >= 11 is 0. The lowest BCUT2D eigenvalue weighted by Gasteiger charge is -2.14. The first-order valence-electron chi connectivity index (χ1n) is 8.63. The zero-order valence-corrected chi connectivity index (χ0v) is 16.0. The second kappa shape index (κ2) is 7.00. The fourth-order valence-electron chi connectivity index (χ4n) is 3.13. The van der Waals surface area contributed by atoms with Gasteiger partial charge >= 0.3 is 0 Å². The average Bonchev–Trinajstić information content (AvgIpc) is 2.69. The summed E-state index contributed by atoms with van der Waals surface area (Å²) in [4.78, 5) is 3.68. The molecule has 7 heteroatoms. The Morgan fingerprint density at radius 1 is 0.828 bits per heavy atom. The average molecular weight is 413 g/mol. The van der Waals surface area contributed by atoms with Crippen LogP contribution in [0.1, 0.15) is 5.56 Å². The van der Waals surface area contributed by atoms with Gasteiger partial charge in [-0.3, -0.25) is 4.98 Å². The molecule has 0 fully saturated rings. The summed E-state index contributed by atoms with van der Waals surface area (Å²) in [5.41, 5.74) is 1.23. The van der Waals surface area contributed by atoms with Crippen molar-refractivity contribution in [3.05, 3.63) is 89.9 Å². The van der Waals surface area contributed by atoms with Crippen LogP contribution in [0.4, 0.5) is 13.2 Å². The molecule has 1 heterocycles. The summed E-state index contributed by atoms with van der Waals surface area (Å²) in [6.07, 6.45) is 1.16. The lowest BCUT2D eigenvalue weighted by Crippen LogP contribution is -2.06. The molecule has 1 aromatic heterocycles. The molecule has 3 aromatic carbocycles. The van der Waals surface area contributed by atoms with E-state index < -0.39 is 27.3 Å². The fourth-order valence-corrected chi connectivity index (χ4v) is 4.58. The molecular weight excluding hydrogens is 399 g/mol. The van der Waals surface area contributed by atoms with Gasteiger partial charge in [0.2, 0.25) is 9.84 Å². The Morgan fingerprint density at radius 3 is 2.21 bits per heavy atom. The third-order valence-corrected chi connectivity index (χ3v) is 6.43. The normalized spacial score (nSPS) is 11.7. The molecule has 3 nitrogen and oxygen atoms in total. The van der Waals surface area contributed by atoms with E-state index in [4.69, 9.17) is 0 Å². The van der Waals surface area contributed by atoms with Crippen LogP contribution in [0, 0.1) is 24.4 Å². The summed E-state index contributed by atoms with van der Waals surface area (Å²) in [5, 5.41) is 0.255. The minimum absolute atomic E-state index is 0.176. The molecule has 0 radical (unpaired) electrons. The van der Waals surface area contributed by atoms with Crippen LogP contribution in [0.15, 0.2) is 76.7 Å². The van der Waals surface area contributed by atoms with E-state index in [1.807, 2.05) is 0 Å². The van der Waals surface area contributed by atoms with E-state index in [0.717, 1.165) is 12.3 Å². The third-order valence-electron chi connectivity index (χ3n) is 4.67. The van der Waals surface area contributed by atoms with E-state index in [1.54, 1.807) is 0 Å². The molecule has 0 aliphatic heterocycles. The molecule has 0 aliphatic carbocycles. The van der Waals surface area contributed by atoms with E-state index in [1.165, 1.54) is 61.5 Å². The first kappa shape index (κ1) is 19.1. The molecule has 0 bridgehead atoms. The van der Waals surface area contributed by atoms with Crippen LogP contribution in [0.25, 0.3) is 22.0 Å². The predicted octanol–water partition coefficient (Wildman–Crippen LogP) is 5.46. The second-order valence-corrected chi connectivity index (χ2v) is 8.50. The van der Waals surface area contributed by atoms with Crippen molar-refractivity contribution in [2.24, 2.45) is 0 Å². The number of sulfone groups is 1. The topological polar surface area (TPSA) is 47.0 Å². The number of aryl methyl sites for hydroxylation is 1. The van der Waals surface area contributed by atoms with Crippen molar-refractivity contribution < 1.29 is 21.6 Å². The molecule has 0 unspecified atom stereocenters. The summed E-state index contributed by atoms with van der Waals surface area (Å²) in [6, 6.07) is 12.6. The van der Waals surface area contributed by atoms with Crippen LogP contribution >= 0.6 is 0 Å². The van der Waals surface area contributed by atoms with Crippen LogP contribution < -0.4 is 0 Å². The van der Waals surface area contributed by atoms with Crippen molar-refractivity contribution in [2.75, 3.05) is 0 Å². The number of benzene rings is 3. The Morgan fingerprint density at radius 2 is 1.52 bits per heavy atom. The fraction of sp³-hybridized carbons (Fsp3) is 0.0455. The lowest BCUT2D eigenvalue weighted by atomic mass is 10.0. The largest absolute Gasteiger partial charge is 0.255 e. The van der Waals surface area contributed by atoms with Crippen molar-refractivity contribution in [1.29, 1.82) is 0 Å². The Kier molecular flexibility index (Phi) is 4.62. The van der Waals surface area contributed by atoms with Gasteiger partial charge in [-0.1, -0.05) is 18.2 Å². The first-order valence-corrected chi connectivity index (χ1v) is 10.1. The van der Waals surface area contributed by atoms with Gasteiger partial charge in [-0.15, -0.1) is 0 Å². The minimum Gasteiger partial charge on any atom is -0.255 e. The van der Waals surface area contributed by atoms with E-state index in [-0.39, 0.29) is 20.7 Å². The number of rotatable bonds is 3. The van der Waals surface area contributed by atoms with E-state index >= 15 is 0 Å². The molecule has 4 rings (SSSR count). The Hall–Kier alpha value is -3.19. The zero-order valence-electron chi connectivity index (χ0n) is 15.2. The standard InChI is InChI=1S/C22H14F3NO2S/c1-13-2-8-17(11-19(13)25)29(27,28)21-12-26-20-9-7-16(24)10-18(20)22(21)14-3-5-15(23)6-4-14/h2-12H,1H3. The number of halogens is 3. The maximum absolute atomic E-state index is 14.0. The monoisotopic (exact) mass is 413 g/mol. The molecule has 0 N–H and O–H groups in total. The SMILES string of the molecule is Cc1ccc(S(=O)(=O)c2cnc3ccc(F)cc3c2-c2ccc(F)cc2)cc1F. The molecule has 29 heavy (non-hydrogen) atoms.